The Morgan fingerprint density at radius 1 is 1.67 bits per heavy atom. The summed E-state index contributed by atoms with van der Waals surface area (Å²) in [5.74, 6) is 0. The number of aromatic nitrogens is 1. The third-order valence-corrected chi connectivity index (χ3v) is 2.54. The van der Waals surface area contributed by atoms with Gasteiger partial charge in [0.25, 0.3) is 6.43 Å². The summed E-state index contributed by atoms with van der Waals surface area (Å²) in [6, 6.07) is 0. The molecule has 0 aliphatic rings. The Labute approximate surface area is 96.5 Å². The fourth-order valence-electron chi connectivity index (χ4n) is 1.02. The number of hydrogen-bond acceptors (Lipinski definition) is 3. The van der Waals surface area contributed by atoms with E-state index in [0.29, 0.717) is 0 Å². The molecule has 0 spiro atoms. The van der Waals surface area contributed by atoms with E-state index in [9.17, 15) is 18.9 Å². The third kappa shape index (κ3) is 2.40. The summed E-state index contributed by atoms with van der Waals surface area (Å²) in [6.45, 7) is 0. The van der Waals surface area contributed by atoms with Gasteiger partial charge in [0.1, 0.15) is 0 Å². The zero-order valence-corrected chi connectivity index (χ0v) is 9.43. The summed E-state index contributed by atoms with van der Waals surface area (Å²) >= 11 is 8.56. The van der Waals surface area contributed by atoms with Crippen LogP contribution < -0.4 is 0 Å². The van der Waals surface area contributed by atoms with Gasteiger partial charge in [-0.15, -0.1) is 0 Å². The molecule has 1 aromatic rings. The second kappa shape index (κ2) is 4.80. The second-order valence-corrected chi connectivity index (χ2v) is 3.48. The van der Waals surface area contributed by atoms with Crippen LogP contribution in [0.5, 0.6) is 0 Å². The first-order valence-electron chi connectivity index (χ1n) is 3.64. The summed E-state index contributed by atoms with van der Waals surface area (Å²) in [5.41, 5.74) is -1.58. The minimum absolute atomic E-state index is 0.00645. The summed E-state index contributed by atoms with van der Waals surface area (Å²) < 4.78 is 24.8. The zero-order valence-electron chi connectivity index (χ0n) is 7.08. The highest BCUT2D eigenvalue weighted by Gasteiger charge is 2.28. The summed E-state index contributed by atoms with van der Waals surface area (Å²) in [4.78, 5) is 13.0. The first-order valence-corrected chi connectivity index (χ1v) is 5.14. The van der Waals surface area contributed by atoms with Gasteiger partial charge in [-0.25, -0.2) is 13.8 Å². The highest BCUT2D eigenvalue weighted by atomic mass is 79.9. The van der Waals surface area contributed by atoms with Crippen molar-refractivity contribution in [1.82, 2.24) is 4.98 Å². The maximum absolute atomic E-state index is 12.4. The van der Waals surface area contributed by atoms with Crippen LogP contribution in [0.4, 0.5) is 14.5 Å². The van der Waals surface area contributed by atoms with Gasteiger partial charge < -0.3 is 0 Å². The Morgan fingerprint density at radius 3 is 2.67 bits per heavy atom. The van der Waals surface area contributed by atoms with Crippen molar-refractivity contribution in [3.63, 3.8) is 0 Å². The first-order chi connectivity index (χ1) is 6.99. The van der Waals surface area contributed by atoms with Crippen LogP contribution in [-0.4, -0.2) is 9.91 Å². The monoisotopic (exact) mass is 300 g/mol. The van der Waals surface area contributed by atoms with Gasteiger partial charge in [-0.2, -0.15) is 0 Å². The maximum atomic E-state index is 12.4. The van der Waals surface area contributed by atoms with Crippen LogP contribution in [-0.2, 0) is 5.33 Å². The van der Waals surface area contributed by atoms with E-state index >= 15 is 0 Å². The van der Waals surface area contributed by atoms with Crippen molar-refractivity contribution < 1.29 is 13.7 Å². The molecule has 0 radical (unpaired) electrons. The topological polar surface area (TPSA) is 56.0 Å². The number of halogens is 4. The molecule has 0 amide bonds. The average molecular weight is 301 g/mol. The van der Waals surface area contributed by atoms with Gasteiger partial charge in [-0.05, 0) is 0 Å². The molecule has 1 aromatic heterocycles. The van der Waals surface area contributed by atoms with Gasteiger partial charge >= 0.3 is 5.69 Å². The Hall–Kier alpha value is -0.820. The van der Waals surface area contributed by atoms with E-state index in [1.54, 1.807) is 0 Å². The number of pyridine rings is 1. The van der Waals surface area contributed by atoms with Crippen molar-refractivity contribution in [2.45, 2.75) is 11.8 Å². The van der Waals surface area contributed by atoms with Gasteiger partial charge in [0.05, 0.1) is 15.5 Å². The van der Waals surface area contributed by atoms with E-state index in [2.05, 4.69) is 20.9 Å². The molecule has 4 nitrogen and oxygen atoms in total. The second-order valence-electron chi connectivity index (χ2n) is 2.51. The fourth-order valence-corrected chi connectivity index (χ4v) is 1.96. The minimum Gasteiger partial charge on any atom is -0.258 e. The molecule has 0 saturated heterocycles. The summed E-state index contributed by atoms with van der Waals surface area (Å²) in [5, 5.41) is 10.6. The Balaban J connectivity index is 3.49. The van der Waals surface area contributed by atoms with Crippen LogP contribution in [0.3, 0.4) is 0 Å². The molecule has 15 heavy (non-hydrogen) atoms. The van der Waals surface area contributed by atoms with E-state index in [4.69, 9.17) is 11.6 Å². The zero-order chi connectivity index (χ0) is 11.6. The number of rotatable bonds is 3. The van der Waals surface area contributed by atoms with Crippen LogP contribution in [0.15, 0.2) is 6.20 Å². The van der Waals surface area contributed by atoms with Gasteiger partial charge in [0.15, 0.2) is 5.69 Å². The fraction of sp³-hybridized carbons (Fsp3) is 0.286. The smallest absolute Gasteiger partial charge is 0.258 e. The summed E-state index contributed by atoms with van der Waals surface area (Å²) in [6.07, 6.45) is -2.02. The van der Waals surface area contributed by atoms with Crippen molar-refractivity contribution in [3.8, 4) is 0 Å². The van der Waals surface area contributed by atoms with Crippen molar-refractivity contribution in [2.24, 2.45) is 0 Å². The molecule has 0 bridgehead atoms. The first kappa shape index (κ1) is 12.3. The molecular formula is C7H4BrClF2N2O2. The lowest BCUT2D eigenvalue weighted by atomic mass is 10.2. The van der Waals surface area contributed by atoms with Gasteiger partial charge in [0, 0.05) is 11.5 Å². The number of alkyl halides is 3. The van der Waals surface area contributed by atoms with E-state index in [-0.39, 0.29) is 15.9 Å². The number of nitro groups is 1. The van der Waals surface area contributed by atoms with Crippen LogP contribution in [0.25, 0.3) is 0 Å². The highest BCUT2D eigenvalue weighted by Crippen LogP contribution is 2.34. The van der Waals surface area contributed by atoms with E-state index in [0.717, 1.165) is 6.20 Å². The Morgan fingerprint density at radius 2 is 2.27 bits per heavy atom. The molecule has 1 rings (SSSR count). The van der Waals surface area contributed by atoms with Crippen molar-refractivity contribution >= 4 is 33.2 Å². The highest BCUT2D eigenvalue weighted by molar-refractivity contribution is 9.08. The van der Waals surface area contributed by atoms with Crippen molar-refractivity contribution in [1.29, 1.82) is 0 Å². The lowest BCUT2D eigenvalue weighted by molar-refractivity contribution is -0.387. The van der Waals surface area contributed by atoms with Crippen LogP contribution in [0, 0.1) is 10.1 Å². The third-order valence-electron chi connectivity index (χ3n) is 1.66. The van der Waals surface area contributed by atoms with Crippen molar-refractivity contribution in [3.05, 3.63) is 32.6 Å². The van der Waals surface area contributed by atoms with E-state index in [1.165, 1.54) is 0 Å². The molecule has 0 aromatic carbocycles. The van der Waals surface area contributed by atoms with Crippen LogP contribution in [0.1, 0.15) is 17.7 Å². The van der Waals surface area contributed by atoms with E-state index < -0.39 is 22.7 Å². The quantitative estimate of drug-likeness (QED) is 0.488. The largest absolute Gasteiger partial charge is 0.302 e. The average Bonchev–Trinajstić information content (AvgIpc) is 2.16. The molecule has 0 atom stereocenters. The number of nitrogens with zero attached hydrogens (tertiary/aromatic N) is 2. The molecule has 82 valence electrons. The number of hydrogen-bond donors (Lipinski definition) is 0. The maximum Gasteiger partial charge on any atom is 0.302 e. The molecule has 0 saturated carbocycles. The predicted octanol–water partition coefficient (Wildman–Crippen LogP) is 3.48. The standard InChI is InChI=1S/C7H4BrClF2N2O2/c8-1-3-4(9)2-12-5(7(10)11)6(3)13(14)15/h2,7H,1H2. The van der Waals surface area contributed by atoms with Crippen LogP contribution >= 0.6 is 27.5 Å². The molecule has 0 N–H and O–H groups in total. The van der Waals surface area contributed by atoms with Crippen LogP contribution in [0.2, 0.25) is 5.02 Å². The SMILES string of the molecule is O=[N+]([O-])c1c(C(F)F)ncc(Cl)c1CBr. The van der Waals surface area contributed by atoms with Gasteiger partial charge in [0.2, 0.25) is 0 Å². The Kier molecular flexibility index (Phi) is 3.92. The molecule has 0 aliphatic carbocycles. The lowest BCUT2D eigenvalue weighted by Crippen LogP contribution is -2.03. The van der Waals surface area contributed by atoms with Crippen molar-refractivity contribution in [2.75, 3.05) is 0 Å². The Bertz CT molecular complexity index is 403. The molecule has 8 heteroatoms. The predicted molar refractivity (Wildman–Crippen MR) is 53.5 cm³/mol. The van der Waals surface area contributed by atoms with Gasteiger partial charge in [-0.1, -0.05) is 27.5 Å². The molecule has 1 heterocycles. The molecular weight excluding hydrogens is 297 g/mol. The lowest BCUT2D eigenvalue weighted by Gasteiger charge is -2.05. The normalized spacial score (nSPS) is 10.7. The summed E-state index contributed by atoms with van der Waals surface area (Å²) in [7, 11) is 0. The minimum atomic E-state index is -3.00. The van der Waals surface area contributed by atoms with Gasteiger partial charge in [-0.3, -0.25) is 10.1 Å². The van der Waals surface area contributed by atoms with E-state index in [1.807, 2.05) is 0 Å². The molecule has 0 aliphatic heterocycles. The molecule has 0 fully saturated rings. The molecule has 0 unspecified atom stereocenters.